The lowest BCUT2D eigenvalue weighted by molar-refractivity contribution is -0.116. The number of rotatable bonds is 7. The Morgan fingerprint density at radius 2 is 1.90 bits per heavy atom. The summed E-state index contributed by atoms with van der Waals surface area (Å²) in [5.41, 5.74) is 1.73. The number of nitrogens with zero attached hydrogens (tertiary/aromatic N) is 4. The number of benzene rings is 1. The lowest BCUT2D eigenvalue weighted by Crippen LogP contribution is -2.20. The van der Waals surface area contributed by atoms with Gasteiger partial charge in [0.1, 0.15) is 13.2 Å². The van der Waals surface area contributed by atoms with Gasteiger partial charge in [0.25, 0.3) is 0 Å². The van der Waals surface area contributed by atoms with Gasteiger partial charge in [-0.1, -0.05) is 11.6 Å². The second-order valence-corrected chi connectivity index (χ2v) is 7.31. The lowest BCUT2D eigenvalue weighted by Gasteiger charge is -2.12. The minimum absolute atomic E-state index is 0.0480. The third-order valence-corrected chi connectivity index (χ3v) is 4.90. The lowest BCUT2D eigenvalue weighted by atomic mass is 10.2. The van der Waals surface area contributed by atoms with Crippen LogP contribution in [0.2, 0.25) is 5.02 Å². The van der Waals surface area contributed by atoms with E-state index in [4.69, 9.17) is 28.6 Å². The van der Waals surface area contributed by atoms with Crippen molar-refractivity contribution in [2.45, 2.75) is 13.2 Å². The molecule has 156 valence electrons. The van der Waals surface area contributed by atoms with Gasteiger partial charge in [0.2, 0.25) is 5.91 Å². The standard InChI is InChI=1S/C21H17ClN6O2S/c22-16-5-3-15(4-6-16)20-26-27-21(31)28(20)12-18(29)25-19-17(2-1-9-24-19)30-13-14-7-10-23-11-8-14/h1-11H,12-13H2,(H,27,31)(H,24,25,29). The highest BCUT2D eigenvalue weighted by Crippen LogP contribution is 2.23. The van der Waals surface area contributed by atoms with E-state index in [2.05, 4.69) is 25.5 Å². The van der Waals surface area contributed by atoms with E-state index in [9.17, 15) is 4.79 Å². The summed E-state index contributed by atoms with van der Waals surface area (Å²) in [5, 5.41) is 10.4. The second-order valence-electron chi connectivity index (χ2n) is 6.49. The summed E-state index contributed by atoms with van der Waals surface area (Å²) < 4.78 is 7.76. The highest BCUT2D eigenvalue weighted by molar-refractivity contribution is 7.71. The molecule has 1 aromatic carbocycles. The number of hydrogen-bond donors (Lipinski definition) is 2. The molecule has 0 bridgehead atoms. The summed E-state index contributed by atoms with van der Waals surface area (Å²) >= 11 is 11.3. The fourth-order valence-corrected chi connectivity index (χ4v) is 3.16. The minimum atomic E-state index is -0.319. The summed E-state index contributed by atoms with van der Waals surface area (Å²) in [6.45, 7) is 0.276. The van der Waals surface area contributed by atoms with E-state index in [1.807, 2.05) is 24.3 Å². The molecule has 0 unspecified atom stereocenters. The van der Waals surface area contributed by atoms with Gasteiger partial charge in [0.15, 0.2) is 22.2 Å². The molecule has 0 aliphatic heterocycles. The average Bonchev–Trinajstić information content (AvgIpc) is 3.14. The summed E-state index contributed by atoms with van der Waals surface area (Å²) in [5.74, 6) is 0.998. The first-order valence-corrected chi connectivity index (χ1v) is 10.1. The van der Waals surface area contributed by atoms with Crippen LogP contribution >= 0.6 is 23.8 Å². The van der Waals surface area contributed by atoms with Gasteiger partial charge in [-0.3, -0.25) is 19.4 Å². The zero-order valence-corrected chi connectivity index (χ0v) is 17.7. The first-order valence-electron chi connectivity index (χ1n) is 9.28. The van der Waals surface area contributed by atoms with Crippen LogP contribution in [0.1, 0.15) is 5.56 Å². The van der Waals surface area contributed by atoms with Crippen LogP contribution in [-0.2, 0) is 17.9 Å². The number of carbonyl (C=O) groups excluding carboxylic acids is 1. The molecule has 4 aromatic rings. The van der Waals surface area contributed by atoms with Gasteiger partial charge in [-0.2, -0.15) is 5.10 Å². The van der Waals surface area contributed by atoms with Gasteiger partial charge in [0.05, 0.1) is 0 Å². The maximum absolute atomic E-state index is 12.8. The van der Waals surface area contributed by atoms with Crippen molar-refractivity contribution < 1.29 is 9.53 Å². The molecule has 0 atom stereocenters. The Morgan fingerprint density at radius 3 is 2.68 bits per heavy atom. The highest BCUT2D eigenvalue weighted by atomic mass is 35.5. The molecule has 0 fully saturated rings. The van der Waals surface area contributed by atoms with E-state index in [0.29, 0.717) is 33.8 Å². The van der Waals surface area contributed by atoms with Crippen LogP contribution in [0, 0.1) is 4.77 Å². The topological polar surface area (TPSA) is 97.7 Å². The van der Waals surface area contributed by atoms with E-state index in [1.54, 1.807) is 47.4 Å². The van der Waals surface area contributed by atoms with E-state index >= 15 is 0 Å². The summed E-state index contributed by atoms with van der Waals surface area (Å²) in [6, 6.07) is 14.3. The van der Waals surface area contributed by atoms with Crippen molar-refractivity contribution in [1.29, 1.82) is 0 Å². The molecule has 0 radical (unpaired) electrons. The van der Waals surface area contributed by atoms with Crippen LogP contribution in [0.15, 0.2) is 67.1 Å². The van der Waals surface area contributed by atoms with Gasteiger partial charge in [0, 0.05) is 29.2 Å². The molecule has 10 heteroatoms. The van der Waals surface area contributed by atoms with Crippen molar-refractivity contribution in [2.75, 3.05) is 5.32 Å². The maximum atomic E-state index is 12.8. The molecule has 8 nitrogen and oxygen atoms in total. The fourth-order valence-electron chi connectivity index (χ4n) is 2.84. The number of H-pyrrole nitrogens is 1. The summed E-state index contributed by atoms with van der Waals surface area (Å²) in [7, 11) is 0. The van der Waals surface area contributed by atoms with Crippen LogP contribution in [0.5, 0.6) is 5.75 Å². The number of ether oxygens (including phenoxy) is 1. The second kappa shape index (κ2) is 9.50. The number of anilines is 1. The molecule has 2 N–H and O–H groups in total. The van der Waals surface area contributed by atoms with E-state index < -0.39 is 0 Å². The summed E-state index contributed by atoms with van der Waals surface area (Å²) in [6.07, 6.45) is 4.96. The number of aromatic amines is 1. The van der Waals surface area contributed by atoms with Crippen molar-refractivity contribution in [1.82, 2.24) is 24.7 Å². The molecule has 0 aliphatic rings. The number of hydrogen-bond acceptors (Lipinski definition) is 6. The first-order chi connectivity index (χ1) is 15.1. The van der Waals surface area contributed by atoms with Gasteiger partial charge in [-0.15, -0.1) is 0 Å². The molecule has 3 heterocycles. The van der Waals surface area contributed by atoms with Crippen LogP contribution in [-0.4, -0.2) is 30.6 Å². The molecule has 0 aliphatic carbocycles. The Kier molecular flexibility index (Phi) is 6.34. The molecule has 0 saturated carbocycles. The van der Waals surface area contributed by atoms with Crippen molar-refractivity contribution in [2.24, 2.45) is 0 Å². The number of carbonyl (C=O) groups is 1. The van der Waals surface area contributed by atoms with Crippen molar-refractivity contribution >= 4 is 35.5 Å². The third kappa shape index (κ3) is 5.14. The molecule has 3 aromatic heterocycles. The Morgan fingerprint density at radius 1 is 1.13 bits per heavy atom. The quantitative estimate of drug-likeness (QED) is 0.406. The Bertz CT molecular complexity index is 1240. The maximum Gasteiger partial charge on any atom is 0.245 e. The monoisotopic (exact) mass is 452 g/mol. The Balaban J connectivity index is 1.48. The van der Waals surface area contributed by atoms with E-state index in [0.717, 1.165) is 11.1 Å². The van der Waals surface area contributed by atoms with Gasteiger partial charge >= 0.3 is 0 Å². The van der Waals surface area contributed by atoms with Crippen molar-refractivity contribution in [3.05, 3.63) is 82.5 Å². The Hall–Kier alpha value is -3.56. The van der Waals surface area contributed by atoms with Crippen LogP contribution in [0.3, 0.4) is 0 Å². The molecule has 0 spiro atoms. The highest BCUT2D eigenvalue weighted by Gasteiger charge is 2.15. The number of amides is 1. The van der Waals surface area contributed by atoms with Gasteiger partial charge in [-0.05, 0) is 66.3 Å². The number of aromatic nitrogens is 5. The summed E-state index contributed by atoms with van der Waals surface area (Å²) in [4.78, 5) is 21.0. The predicted octanol–water partition coefficient (Wildman–Crippen LogP) is 4.27. The van der Waals surface area contributed by atoms with Crippen molar-refractivity contribution in [3.63, 3.8) is 0 Å². The van der Waals surface area contributed by atoms with Crippen LogP contribution in [0.4, 0.5) is 5.82 Å². The zero-order valence-electron chi connectivity index (χ0n) is 16.2. The van der Waals surface area contributed by atoms with E-state index in [-0.39, 0.29) is 12.5 Å². The Labute approximate surface area is 187 Å². The number of nitrogens with one attached hydrogen (secondary N) is 2. The van der Waals surface area contributed by atoms with Gasteiger partial charge in [-0.25, -0.2) is 4.98 Å². The average molecular weight is 453 g/mol. The minimum Gasteiger partial charge on any atom is -0.485 e. The largest absolute Gasteiger partial charge is 0.485 e. The number of halogens is 1. The molecule has 1 amide bonds. The third-order valence-electron chi connectivity index (χ3n) is 4.33. The predicted molar refractivity (Wildman–Crippen MR) is 119 cm³/mol. The first kappa shape index (κ1) is 20.7. The molecule has 4 rings (SSSR count). The normalized spacial score (nSPS) is 10.6. The zero-order chi connectivity index (χ0) is 21.6. The smallest absolute Gasteiger partial charge is 0.245 e. The fraction of sp³-hybridized carbons (Fsp3) is 0.0952. The van der Waals surface area contributed by atoms with Crippen LogP contribution < -0.4 is 10.1 Å². The molecular formula is C21H17ClN6O2S. The SMILES string of the molecule is O=C(Cn1c(-c2ccc(Cl)cc2)n[nH]c1=S)Nc1ncccc1OCc1ccncc1. The van der Waals surface area contributed by atoms with Crippen LogP contribution in [0.25, 0.3) is 11.4 Å². The van der Waals surface area contributed by atoms with E-state index in [1.165, 1.54) is 0 Å². The molecule has 31 heavy (non-hydrogen) atoms. The molecular weight excluding hydrogens is 436 g/mol. The molecule has 0 saturated heterocycles. The van der Waals surface area contributed by atoms with Crippen molar-refractivity contribution in [3.8, 4) is 17.1 Å². The number of pyridine rings is 2. The van der Waals surface area contributed by atoms with Gasteiger partial charge < -0.3 is 10.1 Å².